The number of ether oxygens (including phenoxy) is 9. The third-order valence-corrected chi connectivity index (χ3v) is 29.5. The lowest BCUT2D eigenvalue weighted by molar-refractivity contribution is -0.157. The van der Waals surface area contributed by atoms with Gasteiger partial charge < -0.3 is 68.2 Å². The number of hydrogen-bond acceptors (Lipinski definition) is 27. The number of nitrogens with zero attached hydrogens (tertiary/aromatic N) is 8. The van der Waals surface area contributed by atoms with E-state index < -0.39 is 81.7 Å². The van der Waals surface area contributed by atoms with Crippen molar-refractivity contribution in [3.8, 4) is 45.8 Å². The summed E-state index contributed by atoms with van der Waals surface area (Å²) in [5.41, 5.74) is -0.468. The molecule has 4 aromatic heterocycles. The van der Waals surface area contributed by atoms with Gasteiger partial charge in [-0.3, -0.25) is 48.2 Å². The fourth-order valence-electron chi connectivity index (χ4n) is 19.6. The molecule has 2 amide bonds. The zero-order valence-corrected chi connectivity index (χ0v) is 77.9. The number of halogens is 2. The highest BCUT2D eigenvalue weighted by Gasteiger charge is 2.63. The highest BCUT2D eigenvalue weighted by molar-refractivity contribution is 7.14. The van der Waals surface area contributed by atoms with E-state index in [1.807, 2.05) is 104 Å². The Kier molecular flexibility index (Phi) is 28.4. The number of morpholine rings is 2. The van der Waals surface area contributed by atoms with Crippen molar-refractivity contribution in [1.29, 1.82) is 0 Å². The van der Waals surface area contributed by atoms with Gasteiger partial charge in [0.15, 0.2) is 21.8 Å². The molecule has 6 aliphatic carbocycles. The maximum absolute atomic E-state index is 15.0. The predicted octanol–water partition coefficient (Wildman–Crippen LogP) is 15.1. The maximum Gasteiger partial charge on any atom is 0.312 e. The molecular formula is C95H122Cl2N10O18S2. The quantitative estimate of drug-likeness (QED) is 0.0187. The number of Topliss-reactive ketones (excluding diaryl/α,β-unsaturated/α-hetero) is 2. The van der Waals surface area contributed by atoms with Crippen molar-refractivity contribution in [1.82, 2.24) is 39.5 Å². The number of amides is 2. The summed E-state index contributed by atoms with van der Waals surface area (Å²) in [4.78, 5) is 139. The SMILES string of the molecule is C=C[C@@H]1CC1(CC(=O)[C@@H]1C[C@@H](Oc2cc(-c3csc(NC(C)C)n3)nc3c(Cl)c(OCCN4CCOCC4)ccc23)CN1C(=O)[C@@H](CC(=O)OC1C[C@@H]2C[C@@H]2C1)C(C)(C)C)C(=O)O.C=C[C@@H]1CC1(CC(=O)[C@@H]1C[C@@H](Oc2cc(-c3csc(NC(C)C)n3)nc3c(Cl)c(OCCN4CCOCC4)ccc23)CN1C(=O)[C@@H](CC(=O)OC1C[C@@H]2C[C@@H]2C1)C(C)(C)C)C(=O)OC. The summed E-state index contributed by atoms with van der Waals surface area (Å²) in [6, 6.07) is 9.34. The largest absolute Gasteiger partial charge is 0.491 e. The van der Waals surface area contributed by atoms with Crippen LogP contribution in [0.4, 0.5) is 10.3 Å². The van der Waals surface area contributed by atoms with Crippen LogP contribution in [0.15, 0.2) is 72.5 Å². The number of benzene rings is 2. The maximum atomic E-state index is 15.0. The number of ketones is 2. The fraction of sp³-hybridized carbons (Fsp3) is 0.621. The molecule has 4 aliphatic heterocycles. The minimum Gasteiger partial charge on any atom is -0.491 e. The number of allylic oxidation sites excluding steroid dienone is 2. The molecule has 686 valence electrons. The van der Waals surface area contributed by atoms with E-state index in [0.717, 1.165) is 62.1 Å². The summed E-state index contributed by atoms with van der Waals surface area (Å²) in [5.74, 6) is -1.50. The number of esters is 3. The first kappa shape index (κ1) is 93.1. The number of hydrogen-bond donors (Lipinski definition) is 3. The summed E-state index contributed by atoms with van der Waals surface area (Å²) >= 11 is 17.2. The van der Waals surface area contributed by atoms with Crippen molar-refractivity contribution in [3.63, 3.8) is 0 Å². The summed E-state index contributed by atoms with van der Waals surface area (Å²) in [7, 11) is 1.32. The Bertz CT molecular complexity index is 5100. The zero-order chi connectivity index (χ0) is 90.3. The first-order valence-electron chi connectivity index (χ1n) is 45.1. The topological polar surface area (TPSA) is 328 Å². The number of carboxylic acids is 1. The van der Waals surface area contributed by atoms with Gasteiger partial charge >= 0.3 is 23.9 Å². The number of thiazole rings is 2. The predicted molar refractivity (Wildman–Crippen MR) is 485 cm³/mol. The second-order valence-corrected chi connectivity index (χ2v) is 41.7. The van der Waals surface area contributed by atoms with Crippen LogP contribution in [-0.2, 0) is 62.0 Å². The number of aliphatic carboxylic acids is 1. The Balaban J connectivity index is 0.000000196. The first-order valence-corrected chi connectivity index (χ1v) is 47.6. The molecular weight excluding hydrogens is 1700 g/mol. The monoisotopic (exact) mass is 1820 g/mol. The fourth-order valence-corrected chi connectivity index (χ4v) is 21.8. The molecule has 0 spiro atoms. The van der Waals surface area contributed by atoms with E-state index >= 15 is 0 Å². The average molecular weight is 1830 g/mol. The average Bonchev–Trinajstić information content (AvgIpc) is 1.58. The van der Waals surface area contributed by atoms with E-state index in [2.05, 4.69) is 33.6 Å². The van der Waals surface area contributed by atoms with Gasteiger partial charge in [-0.25, -0.2) is 19.9 Å². The highest BCUT2D eigenvalue weighted by atomic mass is 35.5. The number of pyridine rings is 2. The Morgan fingerprint density at radius 3 is 1.31 bits per heavy atom. The molecule has 2 aromatic carbocycles. The van der Waals surface area contributed by atoms with Crippen LogP contribution in [0.3, 0.4) is 0 Å². The van der Waals surface area contributed by atoms with E-state index in [9.17, 15) is 43.5 Å². The third-order valence-electron chi connectivity index (χ3n) is 27.3. The van der Waals surface area contributed by atoms with Crippen LogP contribution in [0.1, 0.15) is 159 Å². The molecule has 6 saturated carbocycles. The van der Waals surface area contributed by atoms with Gasteiger partial charge in [0.05, 0.1) is 117 Å². The van der Waals surface area contributed by atoms with Crippen LogP contribution >= 0.6 is 45.9 Å². The molecule has 28 nitrogen and oxygen atoms in total. The van der Waals surface area contributed by atoms with Crippen molar-refractivity contribution in [2.45, 2.75) is 208 Å². The van der Waals surface area contributed by atoms with Crippen molar-refractivity contribution >= 4 is 125 Å². The number of nitrogens with one attached hydrogen (secondary N) is 2. The van der Waals surface area contributed by atoms with Gasteiger partial charge in [-0.1, -0.05) is 76.9 Å². The smallest absolute Gasteiger partial charge is 0.312 e. The Morgan fingerprint density at radius 2 is 0.945 bits per heavy atom. The minimum atomic E-state index is -1.27. The molecule has 16 rings (SSSR count). The van der Waals surface area contributed by atoms with Crippen LogP contribution in [0.25, 0.3) is 44.6 Å². The van der Waals surface area contributed by atoms with Crippen LogP contribution in [0.5, 0.6) is 23.0 Å². The molecule has 0 bridgehead atoms. The Labute approximate surface area is 760 Å². The van der Waals surface area contributed by atoms with Gasteiger partial charge in [0.25, 0.3) is 0 Å². The first-order chi connectivity index (χ1) is 60.6. The third kappa shape index (κ3) is 21.5. The van der Waals surface area contributed by atoms with Crippen molar-refractivity contribution < 1.29 is 86.1 Å². The summed E-state index contributed by atoms with van der Waals surface area (Å²) in [6.07, 6.45) is 7.92. The molecule has 32 heteroatoms. The van der Waals surface area contributed by atoms with E-state index in [1.54, 1.807) is 29.2 Å². The summed E-state index contributed by atoms with van der Waals surface area (Å²) in [5, 5.41) is 24.1. The highest BCUT2D eigenvalue weighted by Crippen LogP contribution is 2.59. The molecule has 127 heavy (non-hydrogen) atoms. The minimum absolute atomic E-state index is 0.0303. The number of carbonyl (C=O) groups is 8. The summed E-state index contributed by atoms with van der Waals surface area (Å²) in [6.45, 7) is 35.8. The number of rotatable bonds is 36. The number of methoxy groups -OCH3 is 1. The zero-order valence-electron chi connectivity index (χ0n) is 74.8. The molecule has 3 N–H and O–H groups in total. The lowest BCUT2D eigenvalue weighted by Crippen LogP contribution is -2.48. The van der Waals surface area contributed by atoms with E-state index in [-0.39, 0.29) is 111 Å². The molecule has 0 radical (unpaired) electrons. The van der Waals surface area contributed by atoms with Crippen LogP contribution in [-0.4, -0.2) is 240 Å². The van der Waals surface area contributed by atoms with E-state index in [4.69, 9.17) is 85.8 Å². The number of likely N-dealkylation sites (tertiary alicyclic amines) is 2. The molecule has 10 aliphatic rings. The molecule has 4 unspecified atom stereocenters. The van der Waals surface area contributed by atoms with Crippen molar-refractivity contribution in [3.05, 3.63) is 82.5 Å². The number of aromatic nitrogens is 4. The summed E-state index contributed by atoms with van der Waals surface area (Å²) < 4.78 is 54.2. The number of carbonyl (C=O) groups excluding carboxylic acids is 7. The molecule has 10 fully saturated rings. The van der Waals surface area contributed by atoms with Crippen LogP contribution in [0.2, 0.25) is 10.0 Å². The van der Waals surface area contributed by atoms with Gasteiger partial charge in [-0.05, 0) is 150 Å². The normalized spacial score (nSPS) is 27.0. The molecule has 8 heterocycles. The van der Waals surface area contributed by atoms with Crippen LogP contribution in [0, 0.1) is 69.0 Å². The van der Waals surface area contributed by atoms with Gasteiger partial charge in [0.2, 0.25) is 11.8 Å². The Morgan fingerprint density at radius 1 is 0.551 bits per heavy atom. The van der Waals surface area contributed by atoms with Gasteiger partial charge in [-0.15, -0.1) is 35.8 Å². The standard InChI is InChI=1S/C48H62ClN5O9S.C47H60ClN5O9S/c1-8-30-23-48(30,45(58)59-7)24-38(55)37-20-32(25-54(37)44(57)34(47(4,5)6)21-41(56)63-31-18-28-17-29(28)19-31)62-40-22-35(36-26-64-46(52-36)50-27(2)3)51-43-33(40)9-10-39(42(43)49)61-16-13-53-11-14-60-15-12-53;1-7-29-22-47(29,44(57)58)23-37(54)36-19-31(24-53(36)43(56)33(46(4,5)6)20-40(55)62-30-17-27-16-28(27)18-30)61-39-21-34(35-25-63-45(51-35)49-26(2)3)50-42-32(39)8-9-38(41(42)48)60-15-12-52-10-13-59-14-11-52/h8-10,22,26-32,34,37H,1,11-21,23-25H2,2-7H3,(H,50,52);7-9,21,25-31,33,36H,1,10-20,22-24H2,2-6H3,(H,49,51)(H,57,58)/t28-,29+,30-,31?,32-,34-,37+,48?;27-,28+,29-,30?,31-,33-,36+,47?/m11/s1. The molecule has 6 aromatic rings. The molecule has 16 atom stereocenters. The van der Waals surface area contributed by atoms with Gasteiger partial charge in [0, 0.05) is 111 Å². The number of anilines is 2. The van der Waals surface area contributed by atoms with Gasteiger partial charge in [0.1, 0.15) is 82.1 Å². The Hall–Kier alpha value is -8.62. The number of fused-ring (bicyclic) bond motifs is 4. The van der Waals surface area contributed by atoms with E-state index in [0.29, 0.717) is 167 Å². The van der Waals surface area contributed by atoms with Gasteiger partial charge in [-0.2, -0.15) is 0 Å². The van der Waals surface area contributed by atoms with Crippen molar-refractivity contribution in [2.24, 2.45) is 69.0 Å². The lowest BCUT2D eigenvalue weighted by atomic mass is 9.77. The van der Waals surface area contributed by atoms with Crippen molar-refractivity contribution in [2.75, 3.05) is 110 Å². The van der Waals surface area contributed by atoms with Crippen LogP contribution < -0.4 is 29.6 Å². The lowest BCUT2D eigenvalue weighted by Gasteiger charge is -2.35. The molecule has 4 saturated heterocycles. The number of carboxylic acid groups (broad SMARTS) is 1. The second kappa shape index (κ2) is 38.8. The second-order valence-electron chi connectivity index (χ2n) is 39.2. The van der Waals surface area contributed by atoms with E-state index in [1.165, 1.54) is 47.5 Å².